The van der Waals surface area contributed by atoms with E-state index in [2.05, 4.69) is 4.74 Å². The Kier molecular flexibility index (Phi) is 8.07. The van der Waals surface area contributed by atoms with E-state index in [0.29, 0.717) is 6.41 Å². The lowest BCUT2D eigenvalue weighted by atomic mass is 10.1. The monoisotopic (exact) mass is 351 g/mol. The number of rotatable bonds is 9. The fourth-order valence-corrected chi connectivity index (χ4v) is 1.99. The van der Waals surface area contributed by atoms with Crippen LogP contribution in [0.3, 0.4) is 0 Å². The Bertz CT molecular complexity index is 567. The molecule has 1 aromatic carbocycles. The van der Waals surface area contributed by atoms with Gasteiger partial charge in [0.2, 0.25) is 6.41 Å². The van der Waals surface area contributed by atoms with Crippen LogP contribution in [-0.2, 0) is 35.3 Å². The number of hydrogen-bond donors (Lipinski definition) is 0. The number of carbonyl (C=O) groups is 3. The second-order valence-corrected chi connectivity index (χ2v) is 6.39. The summed E-state index contributed by atoms with van der Waals surface area (Å²) in [5.74, 6) is -1.13. The highest BCUT2D eigenvalue weighted by atomic mass is 16.7. The van der Waals surface area contributed by atoms with Gasteiger partial charge in [0.05, 0.1) is 7.11 Å². The van der Waals surface area contributed by atoms with Gasteiger partial charge in [-0.3, -0.25) is 14.4 Å². The molecule has 0 radical (unpaired) electrons. The molecule has 1 rings (SSSR count). The van der Waals surface area contributed by atoms with Crippen LogP contribution in [0.15, 0.2) is 30.3 Å². The molecule has 0 aliphatic carbocycles. The number of hydroxylamine groups is 2. The normalized spacial score (nSPS) is 12.2. The topological polar surface area (TPSA) is 82.1 Å². The molecular formula is C18H25NO6. The summed E-state index contributed by atoms with van der Waals surface area (Å²) in [6, 6.07) is 8.17. The quantitative estimate of drug-likeness (QED) is 0.385. The highest BCUT2D eigenvalue weighted by molar-refractivity contribution is 5.79. The van der Waals surface area contributed by atoms with E-state index in [4.69, 9.17) is 9.57 Å². The second kappa shape index (κ2) is 9.78. The number of benzene rings is 1. The van der Waals surface area contributed by atoms with Gasteiger partial charge in [0, 0.05) is 6.42 Å². The zero-order valence-electron chi connectivity index (χ0n) is 15.1. The molecule has 0 N–H and O–H groups in total. The molecule has 7 heteroatoms. The SMILES string of the molecule is COC(=O)CC[C@@H](C(=O)OC(C)(C)C)N(C=O)OCc1ccccc1. The molecule has 0 aliphatic rings. The third-order valence-corrected chi connectivity index (χ3v) is 3.16. The van der Waals surface area contributed by atoms with E-state index in [1.807, 2.05) is 30.3 Å². The van der Waals surface area contributed by atoms with Crippen molar-refractivity contribution in [3.63, 3.8) is 0 Å². The van der Waals surface area contributed by atoms with E-state index in [1.54, 1.807) is 20.8 Å². The van der Waals surface area contributed by atoms with Crippen LogP contribution in [0, 0.1) is 0 Å². The van der Waals surface area contributed by atoms with Crippen molar-refractivity contribution in [1.82, 2.24) is 5.06 Å². The van der Waals surface area contributed by atoms with Crippen molar-refractivity contribution in [3.05, 3.63) is 35.9 Å². The van der Waals surface area contributed by atoms with Gasteiger partial charge in [-0.05, 0) is 32.8 Å². The van der Waals surface area contributed by atoms with Crippen LogP contribution in [0.1, 0.15) is 39.2 Å². The summed E-state index contributed by atoms with van der Waals surface area (Å²) in [5.41, 5.74) is 0.111. The molecule has 0 spiro atoms. The fourth-order valence-electron chi connectivity index (χ4n) is 1.99. The smallest absolute Gasteiger partial charge is 0.332 e. The summed E-state index contributed by atoms with van der Waals surface area (Å²) < 4.78 is 9.91. The summed E-state index contributed by atoms with van der Waals surface area (Å²) in [5, 5.41) is 0.893. The number of nitrogens with zero attached hydrogens (tertiary/aromatic N) is 1. The maximum absolute atomic E-state index is 12.4. The molecule has 1 amide bonds. The Morgan fingerprint density at radius 2 is 1.84 bits per heavy atom. The van der Waals surface area contributed by atoms with Crippen LogP contribution >= 0.6 is 0 Å². The number of carbonyl (C=O) groups excluding carboxylic acids is 3. The maximum atomic E-state index is 12.4. The van der Waals surface area contributed by atoms with E-state index in [9.17, 15) is 14.4 Å². The zero-order valence-corrected chi connectivity index (χ0v) is 15.1. The van der Waals surface area contributed by atoms with Gasteiger partial charge >= 0.3 is 11.9 Å². The third kappa shape index (κ3) is 7.80. The van der Waals surface area contributed by atoms with Crippen LogP contribution < -0.4 is 0 Å². The fraction of sp³-hybridized carbons (Fsp3) is 0.500. The molecule has 0 saturated carbocycles. The van der Waals surface area contributed by atoms with Crippen molar-refractivity contribution in [2.75, 3.05) is 7.11 Å². The van der Waals surface area contributed by atoms with Crippen LogP contribution in [-0.4, -0.2) is 42.2 Å². The molecule has 25 heavy (non-hydrogen) atoms. The van der Waals surface area contributed by atoms with Gasteiger partial charge in [-0.1, -0.05) is 30.3 Å². The first kappa shape index (κ1) is 20.6. The summed E-state index contributed by atoms with van der Waals surface area (Å²) in [4.78, 5) is 40.7. The van der Waals surface area contributed by atoms with Crippen molar-refractivity contribution in [1.29, 1.82) is 0 Å². The molecular weight excluding hydrogens is 326 g/mol. The van der Waals surface area contributed by atoms with E-state index in [-0.39, 0.29) is 19.4 Å². The van der Waals surface area contributed by atoms with Gasteiger partial charge in [0.1, 0.15) is 12.2 Å². The Morgan fingerprint density at radius 1 is 1.20 bits per heavy atom. The van der Waals surface area contributed by atoms with Crippen molar-refractivity contribution in [3.8, 4) is 0 Å². The number of hydrogen-bond acceptors (Lipinski definition) is 6. The molecule has 0 bridgehead atoms. The molecule has 0 aliphatic heterocycles. The number of amides is 1. The number of ether oxygens (including phenoxy) is 2. The Morgan fingerprint density at radius 3 is 2.36 bits per heavy atom. The van der Waals surface area contributed by atoms with Gasteiger partial charge in [-0.25, -0.2) is 9.86 Å². The van der Waals surface area contributed by atoms with Crippen molar-refractivity contribution in [2.24, 2.45) is 0 Å². The Labute approximate surface area is 147 Å². The van der Waals surface area contributed by atoms with E-state index in [1.165, 1.54) is 7.11 Å². The van der Waals surface area contributed by atoms with Gasteiger partial charge in [0.15, 0.2) is 6.04 Å². The lowest BCUT2D eigenvalue weighted by Crippen LogP contribution is -2.44. The minimum absolute atomic E-state index is 0.0368. The van der Waals surface area contributed by atoms with Crippen molar-refractivity contribution >= 4 is 18.3 Å². The van der Waals surface area contributed by atoms with Gasteiger partial charge in [-0.2, -0.15) is 0 Å². The average Bonchev–Trinajstić information content (AvgIpc) is 2.56. The highest BCUT2D eigenvalue weighted by Gasteiger charge is 2.31. The summed E-state index contributed by atoms with van der Waals surface area (Å²) in [6.45, 7) is 5.27. The molecule has 0 heterocycles. The summed E-state index contributed by atoms with van der Waals surface area (Å²) in [7, 11) is 1.26. The molecule has 1 aromatic rings. The minimum Gasteiger partial charge on any atom is -0.469 e. The summed E-state index contributed by atoms with van der Waals surface area (Å²) >= 11 is 0. The Balaban J connectivity index is 2.82. The van der Waals surface area contributed by atoms with E-state index >= 15 is 0 Å². The zero-order chi connectivity index (χ0) is 18.9. The Hall–Kier alpha value is -2.41. The van der Waals surface area contributed by atoms with Gasteiger partial charge in [-0.15, -0.1) is 0 Å². The molecule has 0 aromatic heterocycles. The number of esters is 2. The maximum Gasteiger partial charge on any atom is 0.332 e. The van der Waals surface area contributed by atoms with Crippen LogP contribution in [0.25, 0.3) is 0 Å². The molecule has 1 atom stereocenters. The number of methoxy groups -OCH3 is 1. The molecule has 0 fully saturated rings. The molecule has 7 nitrogen and oxygen atoms in total. The first-order valence-corrected chi connectivity index (χ1v) is 7.97. The predicted octanol–water partition coefficient (Wildman–Crippen LogP) is 2.24. The molecule has 0 unspecified atom stereocenters. The lowest BCUT2D eigenvalue weighted by Gasteiger charge is -2.29. The highest BCUT2D eigenvalue weighted by Crippen LogP contribution is 2.16. The van der Waals surface area contributed by atoms with Gasteiger partial charge in [0.25, 0.3) is 0 Å². The predicted molar refractivity (Wildman–Crippen MR) is 90.0 cm³/mol. The second-order valence-electron chi connectivity index (χ2n) is 6.39. The van der Waals surface area contributed by atoms with Crippen LogP contribution in [0.2, 0.25) is 0 Å². The first-order chi connectivity index (χ1) is 11.8. The summed E-state index contributed by atoms with van der Waals surface area (Å²) in [6.07, 6.45) is 0.406. The van der Waals surface area contributed by atoms with E-state index < -0.39 is 23.6 Å². The van der Waals surface area contributed by atoms with E-state index in [0.717, 1.165) is 10.6 Å². The van der Waals surface area contributed by atoms with Crippen molar-refractivity contribution < 1.29 is 28.7 Å². The molecule has 0 saturated heterocycles. The molecule has 138 valence electrons. The largest absolute Gasteiger partial charge is 0.469 e. The van der Waals surface area contributed by atoms with Crippen LogP contribution in [0.4, 0.5) is 0 Å². The third-order valence-electron chi connectivity index (χ3n) is 3.16. The first-order valence-electron chi connectivity index (χ1n) is 7.97. The van der Waals surface area contributed by atoms with Crippen molar-refractivity contribution in [2.45, 2.75) is 51.9 Å². The minimum atomic E-state index is -1.04. The van der Waals surface area contributed by atoms with Crippen LogP contribution in [0.5, 0.6) is 0 Å². The lowest BCUT2D eigenvalue weighted by molar-refractivity contribution is -0.208. The standard InChI is InChI=1S/C18H25NO6/c1-18(2,3)25-17(22)15(10-11-16(21)23-4)19(13-20)24-12-14-8-6-5-7-9-14/h5-9,13,15H,10-12H2,1-4H3/t15-/m0/s1. The average molecular weight is 351 g/mol. The van der Waals surface area contributed by atoms with Gasteiger partial charge < -0.3 is 9.47 Å².